The van der Waals surface area contributed by atoms with Gasteiger partial charge in [-0.25, -0.2) is 4.79 Å². The van der Waals surface area contributed by atoms with Crippen LogP contribution in [0.5, 0.6) is 0 Å². The summed E-state index contributed by atoms with van der Waals surface area (Å²) in [6.45, 7) is 1.26. The monoisotopic (exact) mass is 244 g/mol. The fourth-order valence-corrected chi connectivity index (χ4v) is 1.82. The molecule has 0 aromatic carbocycles. The van der Waals surface area contributed by atoms with Crippen molar-refractivity contribution in [2.75, 3.05) is 6.61 Å². The van der Waals surface area contributed by atoms with Crippen molar-refractivity contribution in [3.05, 3.63) is 57.7 Å². The van der Waals surface area contributed by atoms with Crippen molar-refractivity contribution in [3.63, 3.8) is 0 Å². The molecule has 2 rings (SSSR count). The second-order valence-corrected chi connectivity index (χ2v) is 3.79. The average Bonchev–Trinajstić information content (AvgIpc) is 2.81. The number of allylic oxidation sites excluding steroid dienone is 5. The van der Waals surface area contributed by atoms with Crippen LogP contribution in [-0.4, -0.2) is 17.5 Å². The molecule has 0 amide bonds. The molecule has 0 saturated heterocycles. The SMILES string of the molecule is CC=CC=C1C=Cc2c(C(=O)CO)coc(=O)c21. The predicted molar refractivity (Wildman–Crippen MR) is 68.2 cm³/mol. The van der Waals surface area contributed by atoms with E-state index in [4.69, 9.17) is 9.52 Å². The molecule has 18 heavy (non-hydrogen) atoms. The van der Waals surface area contributed by atoms with Crippen LogP contribution in [0.2, 0.25) is 0 Å². The summed E-state index contributed by atoms with van der Waals surface area (Å²) in [6.07, 6.45) is 9.94. The molecule has 1 aliphatic rings. The van der Waals surface area contributed by atoms with Crippen LogP contribution in [0.1, 0.15) is 28.4 Å². The van der Waals surface area contributed by atoms with E-state index in [0.717, 1.165) is 6.26 Å². The second-order valence-electron chi connectivity index (χ2n) is 3.79. The lowest BCUT2D eigenvalue weighted by Crippen LogP contribution is -2.13. The highest BCUT2D eigenvalue weighted by molar-refractivity contribution is 6.04. The van der Waals surface area contributed by atoms with Crippen LogP contribution in [0, 0.1) is 0 Å². The average molecular weight is 244 g/mol. The zero-order valence-corrected chi connectivity index (χ0v) is 9.84. The summed E-state index contributed by atoms with van der Waals surface area (Å²) >= 11 is 0. The summed E-state index contributed by atoms with van der Waals surface area (Å²) in [5.74, 6) is -0.466. The van der Waals surface area contributed by atoms with E-state index in [9.17, 15) is 9.59 Å². The molecule has 1 aromatic rings. The number of ketones is 1. The summed E-state index contributed by atoms with van der Waals surface area (Å²) in [4.78, 5) is 23.2. The van der Waals surface area contributed by atoms with E-state index in [1.807, 2.05) is 13.0 Å². The Morgan fingerprint density at radius 1 is 1.44 bits per heavy atom. The lowest BCUT2D eigenvalue weighted by molar-refractivity contribution is 0.0901. The van der Waals surface area contributed by atoms with Crippen LogP contribution in [-0.2, 0) is 0 Å². The van der Waals surface area contributed by atoms with E-state index in [-0.39, 0.29) is 5.56 Å². The van der Waals surface area contributed by atoms with Gasteiger partial charge in [-0.3, -0.25) is 4.79 Å². The molecule has 1 aliphatic carbocycles. The predicted octanol–water partition coefficient (Wildman–Crippen LogP) is 1.80. The minimum Gasteiger partial charge on any atom is -0.430 e. The Bertz CT molecular complexity index is 630. The maximum atomic E-state index is 11.7. The van der Waals surface area contributed by atoms with Crippen LogP contribution >= 0.6 is 0 Å². The molecule has 0 aliphatic heterocycles. The molecule has 0 spiro atoms. The number of rotatable bonds is 3. The molecule has 92 valence electrons. The van der Waals surface area contributed by atoms with Gasteiger partial charge in [0, 0.05) is 5.56 Å². The molecular formula is C14H12O4. The van der Waals surface area contributed by atoms with E-state index in [2.05, 4.69) is 0 Å². The Balaban J connectivity index is 2.63. The van der Waals surface area contributed by atoms with Gasteiger partial charge >= 0.3 is 5.63 Å². The third-order valence-electron chi connectivity index (χ3n) is 2.68. The Morgan fingerprint density at radius 3 is 2.89 bits per heavy atom. The quantitative estimate of drug-likeness (QED) is 0.823. The van der Waals surface area contributed by atoms with Crippen molar-refractivity contribution in [1.82, 2.24) is 0 Å². The van der Waals surface area contributed by atoms with Crippen molar-refractivity contribution >= 4 is 17.4 Å². The molecular weight excluding hydrogens is 232 g/mol. The first-order chi connectivity index (χ1) is 8.69. The lowest BCUT2D eigenvalue weighted by atomic mass is 10.0. The van der Waals surface area contributed by atoms with Crippen LogP contribution in [0.15, 0.2) is 39.8 Å². The van der Waals surface area contributed by atoms with Crippen molar-refractivity contribution in [2.45, 2.75) is 6.92 Å². The smallest absolute Gasteiger partial charge is 0.344 e. The van der Waals surface area contributed by atoms with Gasteiger partial charge < -0.3 is 9.52 Å². The summed E-state index contributed by atoms with van der Waals surface area (Å²) in [6, 6.07) is 0. The Kier molecular flexibility index (Phi) is 3.39. The normalized spacial score (nSPS) is 15.6. The Hall–Kier alpha value is -2.20. The van der Waals surface area contributed by atoms with E-state index < -0.39 is 18.0 Å². The van der Waals surface area contributed by atoms with Gasteiger partial charge in [0.25, 0.3) is 0 Å². The van der Waals surface area contributed by atoms with Crippen LogP contribution in [0.25, 0.3) is 11.6 Å². The second kappa shape index (κ2) is 4.98. The Morgan fingerprint density at radius 2 is 2.22 bits per heavy atom. The van der Waals surface area contributed by atoms with Crippen molar-refractivity contribution in [1.29, 1.82) is 0 Å². The van der Waals surface area contributed by atoms with Crippen molar-refractivity contribution in [2.24, 2.45) is 0 Å². The lowest BCUT2D eigenvalue weighted by Gasteiger charge is -2.03. The molecule has 1 heterocycles. The fraction of sp³-hybridized carbons (Fsp3) is 0.143. The number of Topliss-reactive ketones (excluding diaryl/α,β-unsaturated/α-hetero) is 1. The van der Waals surface area contributed by atoms with Crippen LogP contribution in [0.4, 0.5) is 0 Å². The number of aliphatic hydroxyl groups is 1. The number of carbonyl (C=O) groups is 1. The first kappa shape index (κ1) is 12.3. The molecule has 1 aromatic heterocycles. The fourth-order valence-electron chi connectivity index (χ4n) is 1.82. The standard InChI is InChI=1S/C14H12O4/c1-2-3-4-9-5-6-10-11(12(16)7-15)8-18-14(17)13(9)10/h2-6,8,15H,7H2,1H3. The number of hydrogen-bond acceptors (Lipinski definition) is 4. The van der Waals surface area contributed by atoms with Crippen molar-refractivity contribution < 1.29 is 14.3 Å². The zero-order valence-electron chi connectivity index (χ0n) is 9.84. The molecule has 4 heteroatoms. The molecule has 4 nitrogen and oxygen atoms in total. The number of carbonyl (C=O) groups excluding carboxylic acids is 1. The summed E-state index contributed by atoms with van der Waals surface area (Å²) < 4.78 is 4.84. The zero-order chi connectivity index (χ0) is 13.1. The van der Waals surface area contributed by atoms with E-state index in [1.165, 1.54) is 0 Å². The maximum Gasteiger partial charge on any atom is 0.344 e. The van der Waals surface area contributed by atoms with Crippen molar-refractivity contribution in [3.8, 4) is 0 Å². The first-order valence-electron chi connectivity index (χ1n) is 5.50. The molecule has 0 bridgehead atoms. The number of hydrogen-bond donors (Lipinski definition) is 1. The van der Waals surface area contributed by atoms with Gasteiger partial charge in [-0.05, 0) is 12.5 Å². The Labute approximate surface area is 104 Å². The minimum absolute atomic E-state index is 0.229. The maximum absolute atomic E-state index is 11.7. The van der Waals surface area contributed by atoms with E-state index in [0.29, 0.717) is 16.7 Å². The molecule has 0 radical (unpaired) electrons. The third kappa shape index (κ3) is 1.98. The molecule has 1 N–H and O–H groups in total. The summed E-state index contributed by atoms with van der Waals surface area (Å²) in [7, 11) is 0. The van der Waals surface area contributed by atoms with E-state index in [1.54, 1.807) is 24.3 Å². The summed E-state index contributed by atoms with van der Waals surface area (Å²) in [5, 5.41) is 8.88. The van der Waals surface area contributed by atoms with Gasteiger partial charge in [-0.15, -0.1) is 0 Å². The highest BCUT2D eigenvalue weighted by atomic mass is 16.4. The molecule has 0 unspecified atom stereocenters. The summed E-state index contributed by atoms with van der Waals surface area (Å²) in [5.41, 5.74) is 1.32. The minimum atomic E-state index is -0.609. The number of aliphatic hydroxyl groups excluding tert-OH is 1. The third-order valence-corrected chi connectivity index (χ3v) is 2.68. The highest BCUT2D eigenvalue weighted by Crippen LogP contribution is 2.29. The largest absolute Gasteiger partial charge is 0.430 e. The van der Waals surface area contributed by atoms with Gasteiger partial charge in [-0.2, -0.15) is 0 Å². The van der Waals surface area contributed by atoms with E-state index >= 15 is 0 Å². The van der Waals surface area contributed by atoms with Gasteiger partial charge in [0.1, 0.15) is 12.9 Å². The first-order valence-corrected chi connectivity index (χ1v) is 5.50. The molecule has 0 saturated carbocycles. The van der Waals surface area contributed by atoms with Crippen LogP contribution < -0.4 is 5.63 Å². The van der Waals surface area contributed by atoms with Crippen LogP contribution in [0.3, 0.4) is 0 Å². The van der Waals surface area contributed by atoms with Gasteiger partial charge in [0.05, 0.1) is 11.1 Å². The topological polar surface area (TPSA) is 67.5 Å². The molecule has 0 fully saturated rings. The van der Waals surface area contributed by atoms with Gasteiger partial charge in [0.2, 0.25) is 0 Å². The number of fused-ring (bicyclic) bond motifs is 1. The molecule has 0 atom stereocenters. The van der Waals surface area contributed by atoms with Gasteiger partial charge in [-0.1, -0.05) is 30.4 Å². The highest BCUT2D eigenvalue weighted by Gasteiger charge is 2.22. The van der Waals surface area contributed by atoms with Gasteiger partial charge in [0.15, 0.2) is 5.78 Å².